The average molecular weight is 233 g/mol. The molecule has 0 aromatic heterocycles. The Bertz CT molecular complexity index is 313. The number of aryl methyl sites for hydroxylation is 1. The zero-order chi connectivity index (χ0) is 11.1. The molecule has 0 amide bonds. The molecule has 4 heteroatoms. The Morgan fingerprint density at radius 2 is 2.00 bits per heavy atom. The van der Waals surface area contributed by atoms with E-state index >= 15 is 0 Å². The summed E-state index contributed by atoms with van der Waals surface area (Å²) in [7, 11) is 6.50. The summed E-state index contributed by atoms with van der Waals surface area (Å²) in [6.45, 7) is 5.76. The molecule has 1 aromatic rings. The number of carbonyl (C=O) groups is 1. The van der Waals surface area contributed by atoms with Gasteiger partial charge in [-0.05, 0) is 46.3 Å². The Kier molecular flexibility index (Phi) is 6.41. The van der Waals surface area contributed by atoms with E-state index in [2.05, 4.69) is 0 Å². The van der Waals surface area contributed by atoms with Gasteiger partial charge in [-0.2, -0.15) is 0 Å². The van der Waals surface area contributed by atoms with Crippen molar-refractivity contribution in [3.8, 4) is 0 Å². The van der Waals surface area contributed by atoms with Crippen molar-refractivity contribution in [3.05, 3.63) is 29.3 Å². The summed E-state index contributed by atoms with van der Waals surface area (Å²) < 4.78 is 0. The second-order valence-electron chi connectivity index (χ2n) is 2.36. The Morgan fingerprint density at radius 3 is 2.43 bits per heavy atom. The van der Waals surface area contributed by atoms with Crippen molar-refractivity contribution in [3.63, 3.8) is 0 Å². The Balaban J connectivity index is 0.000000791. The molecule has 0 bridgehead atoms. The fraction of sp³-hybridized carbons (Fsp3) is 0.300. The van der Waals surface area contributed by atoms with E-state index in [1.54, 1.807) is 25.1 Å². The van der Waals surface area contributed by atoms with E-state index in [0.29, 0.717) is 5.56 Å². The van der Waals surface area contributed by atoms with Crippen molar-refractivity contribution in [2.24, 2.45) is 0 Å². The van der Waals surface area contributed by atoms with Crippen molar-refractivity contribution in [2.75, 3.05) is 0 Å². The summed E-state index contributed by atoms with van der Waals surface area (Å²) in [5.41, 5.74) is 1.05. The average Bonchev–Trinajstić information content (AvgIpc) is 2.21. The summed E-state index contributed by atoms with van der Waals surface area (Å²) in [5.74, 6) is -0.917. The second kappa shape index (κ2) is 6.74. The molecule has 78 valence electrons. The van der Waals surface area contributed by atoms with Crippen LogP contribution in [0.25, 0.3) is 0 Å². The van der Waals surface area contributed by atoms with Crippen LogP contribution >= 0.6 is 21.7 Å². The first-order chi connectivity index (χ1) is 6.65. The van der Waals surface area contributed by atoms with Crippen molar-refractivity contribution in [1.29, 1.82) is 0 Å². The van der Waals surface area contributed by atoms with E-state index in [-0.39, 0.29) is 0 Å². The lowest BCUT2D eigenvalue weighted by Crippen LogP contribution is -1.99. The van der Waals surface area contributed by atoms with Gasteiger partial charge in [0.25, 0.3) is 0 Å². The van der Waals surface area contributed by atoms with Crippen LogP contribution in [0.3, 0.4) is 0 Å². The molecule has 0 heterocycles. The van der Waals surface area contributed by atoms with E-state index in [0.717, 1.165) is 21.4 Å². The first kappa shape index (κ1) is 13.3. The van der Waals surface area contributed by atoms with E-state index < -0.39 is 5.97 Å². The van der Waals surface area contributed by atoms with Crippen LogP contribution in [0.4, 0.5) is 0 Å². The van der Waals surface area contributed by atoms with Gasteiger partial charge < -0.3 is 5.11 Å². The standard InChI is InChI=1S/C8H7ClO2S.C2H6/c1-5-2-3-6(12-9)4-7(5)8(10)11;1-2/h2-4H,1H3,(H,10,11);1-2H3. The molecule has 1 aromatic carbocycles. The molecule has 2 nitrogen and oxygen atoms in total. The van der Waals surface area contributed by atoms with Gasteiger partial charge in [0, 0.05) is 4.90 Å². The summed E-state index contributed by atoms with van der Waals surface area (Å²) in [6, 6.07) is 5.10. The van der Waals surface area contributed by atoms with Gasteiger partial charge >= 0.3 is 5.97 Å². The van der Waals surface area contributed by atoms with Gasteiger partial charge in [-0.3, -0.25) is 0 Å². The van der Waals surface area contributed by atoms with Crippen LogP contribution in [-0.4, -0.2) is 11.1 Å². The third-order valence-corrected chi connectivity index (χ3v) is 2.50. The Hall–Kier alpha value is -0.670. The van der Waals surface area contributed by atoms with Crippen LogP contribution in [0, 0.1) is 6.92 Å². The molecule has 1 rings (SSSR count). The molecule has 0 unspecified atom stereocenters. The maximum atomic E-state index is 10.6. The number of carboxylic acids is 1. The molecule has 0 saturated carbocycles. The number of hydrogen-bond acceptors (Lipinski definition) is 2. The molecule has 0 fully saturated rings. The van der Waals surface area contributed by atoms with Crippen molar-refractivity contribution < 1.29 is 9.90 Å². The summed E-state index contributed by atoms with van der Waals surface area (Å²) in [5, 5.41) is 8.73. The topological polar surface area (TPSA) is 37.3 Å². The van der Waals surface area contributed by atoms with Crippen LogP contribution in [0.1, 0.15) is 29.8 Å². The predicted molar refractivity (Wildman–Crippen MR) is 61.2 cm³/mol. The molecule has 0 aliphatic rings. The predicted octanol–water partition coefficient (Wildman–Crippen LogP) is 3.97. The van der Waals surface area contributed by atoms with Gasteiger partial charge in [-0.1, -0.05) is 19.9 Å². The molecule has 0 radical (unpaired) electrons. The van der Waals surface area contributed by atoms with Crippen molar-refractivity contribution in [1.82, 2.24) is 0 Å². The minimum atomic E-state index is -0.917. The largest absolute Gasteiger partial charge is 0.478 e. The van der Waals surface area contributed by atoms with Crippen LogP contribution < -0.4 is 0 Å². The number of aromatic carboxylic acids is 1. The maximum Gasteiger partial charge on any atom is 0.335 e. The van der Waals surface area contributed by atoms with Crippen LogP contribution in [0.15, 0.2) is 23.1 Å². The Morgan fingerprint density at radius 1 is 1.43 bits per heavy atom. The molecule has 0 atom stereocenters. The van der Waals surface area contributed by atoms with Crippen LogP contribution in [0.2, 0.25) is 0 Å². The third kappa shape index (κ3) is 3.60. The first-order valence-corrected chi connectivity index (χ1v) is 5.92. The van der Waals surface area contributed by atoms with Gasteiger partial charge in [0.1, 0.15) is 0 Å². The van der Waals surface area contributed by atoms with E-state index in [9.17, 15) is 4.79 Å². The van der Waals surface area contributed by atoms with Gasteiger partial charge in [0.05, 0.1) is 5.56 Å². The van der Waals surface area contributed by atoms with Crippen molar-refractivity contribution >= 4 is 27.6 Å². The van der Waals surface area contributed by atoms with Gasteiger partial charge in [-0.15, -0.1) is 0 Å². The maximum absolute atomic E-state index is 10.6. The monoisotopic (exact) mass is 232 g/mol. The molecule has 0 aliphatic heterocycles. The number of benzene rings is 1. The number of halogens is 1. The van der Waals surface area contributed by atoms with E-state index in [4.69, 9.17) is 15.8 Å². The highest BCUT2D eigenvalue weighted by atomic mass is 35.7. The lowest BCUT2D eigenvalue weighted by molar-refractivity contribution is 0.0696. The molecule has 0 saturated heterocycles. The number of rotatable bonds is 2. The highest BCUT2D eigenvalue weighted by molar-refractivity contribution is 8.21. The van der Waals surface area contributed by atoms with E-state index in [1.165, 1.54) is 0 Å². The molecule has 1 N–H and O–H groups in total. The smallest absolute Gasteiger partial charge is 0.335 e. The molecule has 0 spiro atoms. The lowest BCUT2D eigenvalue weighted by Gasteiger charge is -2.01. The molecule has 0 aliphatic carbocycles. The van der Waals surface area contributed by atoms with Crippen LogP contribution in [-0.2, 0) is 0 Å². The summed E-state index contributed by atoms with van der Waals surface area (Å²) in [6.07, 6.45) is 0. The number of carboxylic acid groups (broad SMARTS) is 1. The SMILES string of the molecule is CC.Cc1ccc(SCl)cc1C(=O)O. The minimum Gasteiger partial charge on any atom is -0.478 e. The fourth-order valence-corrected chi connectivity index (χ4v) is 1.45. The highest BCUT2D eigenvalue weighted by Gasteiger charge is 2.07. The van der Waals surface area contributed by atoms with Crippen molar-refractivity contribution in [2.45, 2.75) is 25.7 Å². The molecular formula is C10H13ClO2S. The van der Waals surface area contributed by atoms with E-state index in [1.807, 2.05) is 13.8 Å². The Labute approximate surface area is 92.8 Å². The lowest BCUT2D eigenvalue weighted by atomic mass is 10.1. The second-order valence-corrected chi connectivity index (χ2v) is 3.45. The number of hydrogen-bond donors (Lipinski definition) is 1. The molecular weight excluding hydrogens is 220 g/mol. The summed E-state index contributed by atoms with van der Waals surface area (Å²) in [4.78, 5) is 11.4. The van der Waals surface area contributed by atoms with Gasteiger partial charge in [-0.25, -0.2) is 4.79 Å². The third-order valence-electron chi connectivity index (χ3n) is 1.53. The minimum absolute atomic E-state index is 0.306. The summed E-state index contributed by atoms with van der Waals surface area (Å²) >= 11 is 0. The normalized spacial score (nSPS) is 8.86. The zero-order valence-electron chi connectivity index (χ0n) is 8.37. The quantitative estimate of drug-likeness (QED) is 0.839. The fourth-order valence-electron chi connectivity index (χ4n) is 0.880. The first-order valence-electron chi connectivity index (χ1n) is 4.27. The zero-order valence-corrected chi connectivity index (χ0v) is 9.95. The highest BCUT2D eigenvalue weighted by Crippen LogP contribution is 2.24. The molecule has 14 heavy (non-hydrogen) atoms. The van der Waals surface area contributed by atoms with Crippen LogP contribution in [0.5, 0.6) is 0 Å². The van der Waals surface area contributed by atoms with Gasteiger partial charge in [0.15, 0.2) is 0 Å². The van der Waals surface area contributed by atoms with Gasteiger partial charge in [0.2, 0.25) is 0 Å².